The molecule has 7 heteroatoms. The van der Waals surface area contributed by atoms with E-state index in [4.69, 9.17) is 9.47 Å². The van der Waals surface area contributed by atoms with Gasteiger partial charge in [0.25, 0.3) is 10.1 Å². The van der Waals surface area contributed by atoms with Crippen molar-refractivity contribution < 1.29 is 22.1 Å². The topological polar surface area (TPSA) is 74.7 Å². The fraction of sp³-hybridized carbons (Fsp3) is 0.583. The van der Waals surface area contributed by atoms with Crippen molar-refractivity contribution in [2.75, 3.05) is 20.5 Å². The van der Waals surface area contributed by atoms with E-state index in [0.29, 0.717) is 5.69 Å². The van der Waals surface area contributed by atoms with Gasteiger partial charge in [-0.3, -0.25) is 9.17 Å². The Morgan fingerprint density at radius 2 is 2.11 bits per heavy atom. The second-order valence-electron chi connectivity index (χ2n) is 3.91. The molecule has 0 aliphatic heterocycles. The van der Waals surface area contributed by atoms with Gasteiger partial charge in [-0.25, -0.2) is 0 Å². The third kappa shape index (κ3) is 5.65. The summed E-state index contributed by atoms with van der Waals surface area (Å²) in [5.74, 6) is -0.228. The molecule has 1 aromatic heterocycles. The number of rotatable bonds is 8. The summed E-state index contributed by atoms with van der Waals surface area (Å²) in [5, 5.41) is 0. The standard InChI is InChI=1S/C12H19NO5S/c1-4-18-19(14,15)8-12-6-5-11(7-13-12)10(2)17-9-16-3/h5-7,10H,4,8-9H2,1-3H3. The Kier molecular flexibility index (Phi) is 6.36. The molecule has 0 saturated carbocycles. The number of hydrogen-bond acceptors (Lipinski definition) is 6. The van der Waals surface area contributed by atoms with Gasteiger partial charge in [0.2, 0.25) is 0 Å². The summed E-state index contributed by atoms with van der Waals surface area (Å²) in [6.07, 6.45) is 1.43. The Morgan fingerprint density at radius 3 is 2.63 bits per heavy atom. The predicted octanol–water partition coefficient (Wildman–Crippen LogP) is 1.63. The molecule has 0 aliphatic rings. The zero-order chi connectivity index (χ0) is 14.3. The third-order valence-corrected chi connectivity index (χ3v) is 3.62. The lowest BCUT2D eigenvalue weighted by Gasteiger charge is -2.12. The Morgan fingerprint density at radius 1 is 1.37 bits per heavy atom. The Bertz CT molecular complexity index is 471. The molecule has 108 valence electrons. The van der Waals surface area contributed by atoms with Gasteiger partial charge < -0.3 is 9.47 Å². The predicted molar refractivity (Wildman–Crippen MR) is 69.9 cm³/mol. The summed E-state index contributed by atoms with van der Waals surface area (Å²) in [6, 6.07) is 3.43. The van der Waals surface area contributed by atoms with Gasteiger partial charge in [0, 0.05) is 13.3 Å². The molecule has 1 atom stereocenters. The maximum absolute atomic E-state index is 11.5. The van der Waals surface area contributed by atoms with E-state index in [0.717, 1.165) is 5.56 Å². The van der Waals surface area contributed by atoms with Gasteiger partial charge in [-0.2, -0.15) is 8.42 Å². The first-order chi connectivity index (χ1) is 8.98. The second kappa shape index (κ2) is 7.54. The third-order valence-electron chi connectivity index (χ3n) is 2.37. The van der Waals surface area contributed by atoms with E-state index in [1.165, 1.54) is 0 Å². The van der Waals surface area contributed by atoms with Gasteiger partial charge in [-0.05, 0) is 25.5 Å². The zero-order valence-corrected chi connectivity index (χ0v) is 12.1. The van der Waals surface area contributed by atoms with Crippen LogP contribution in [-0.4, -0.2) is 33.9 Å². The van der Waals surface area contributed by atoms with Crippen LogP contribution in [0.5, 0.6) is 0 Å². The average Bonchev–Trinajstić information content (AvgIpc) is 2.36. The van der Waals surface area contributed by atoms with Crippen LogP contribution in [0.3, 0.4) is 0 Å². The molecule has 0 fully saturated rings. The van der Waals surface area contributed by atoms with E-state index in [1.54, 1.807) is 32.4 Å². The molecule has 1 rings (SSSR count). The highest BCUT2D eigenvalue weighted by Gasteiger charge is 2.13. The number of aromatic nitrogens is 1. The van der Waals surface area contributed by atoms with Crippen molar-refractivity contribution in [3.63, 3.8) is 0 Å². The van der Waals surface area contributed by atoms with Crippen molar-refractivity contribution in [1.29, 1.82) is 0 Å². The van der Waals surface area contributed by atoms with Crippen LogP contribution in [0.25, 0.3) is 0 Å². The summed E-state index contributed by atoms with van der Waals surface area (Å²) < 4.78 is 37.7. The summed E-state index contributed by atoms with van der Waals surface area (Å²) >= 11 is 0. The van der Waals surface area contributed by atoms with Crippen LogP contribution in [0.15, 0.2) is 18.3 Å². The van der Waals surface area contributed by atoms with Gasteiger partial charge in [-0.1, -0.05) is 6.07 Å². The van der Waals surface area contributed by atoms with Crippen molar-refractivity contribution in [3.05, 3.63) is 29.6 Å². The largest absolute Gasteiger partial charge is 0.359 e. The maximum Gasteiger partial charge on any atom is 0.273 e. The quantitative estimate of drug-likeness (QED) is 0.535. The maximum atomic E-state index is 11.5. The van der Waals surface area contributed by atoms with E-state index in [2.05, 4.69) is 9.17 Å². The molecule has 0 saturated heterocycles. The van der Waals surface area contributed by atoms with Crippen LogP contribution in [0.2, 0.25) is 0 Å². The summed E-state index contributed by atoms with van der Waals surface area (Å²) in [5.41, 5.74) is 1.30. The molecule has 0 amide bonds. The highest BCUT2D eigenvalue weighted by atomic mass is 32.2. The molecule has 1 aromatic rings. The highest BCUT2D eigenvalue weighted by molar-refractivity contribution is 7.85. The number of hydrogen-bond donors (Lipinski definition) is 0. The van der Waals surface area contributed by atoms with Crippen LogP contribution < -0.4 is 0 Å². The molecule has 1 unspecified atom stereocenters. The van der Waals surface area contributed by atoms with E-state index in [-0.39, 0.29) is 25.3 Å². The number of pyridine rings is 1. The Hall–Kier alpha value is -1.02. The first-order valence-electron chi connectivity index (χ1n) is 5.91. The minimum absolute atomic E-state index is 0.127. The summed E-state index contributed by atoms with van der Waals surface area (Å²) in [4.78, 5) is 4.10. The van der Waals surface area contributed by atoms with Gasteiger partial charge in [0.1, 0.15) is 12.5 Å². The van der Waals surface area contributed by atoms with Crippen LogP contribution in [-0.2, 0) is 29.5 Å². The number of nitrogens with zero attached hydrogens (tertiary/aromatic N) is 1. The van der Waals surface area contributed by atoms with Crippen LogP contribution in [0.1, 0.15) is 31.2 Å². The van der Waals surface area contributed by atoms with Crippen LogP contribution in [0, 0.1) is 0 Å². The van der Waals surface area contributed by atoms with Crippen molar-refractivity contribution in [2.45, 2.75) is 25.7 Å². The van der Waals surface area contributed by atoms with E-state index in [9.17, 15) is 8.42 Å². The lowest BCUT2D eigenvalue weighted by atomic mass is 10.2. The Balaban J connectivity index is 2.66. The second-order valence-corrected chi connectivity index (χ2v) is 5.55. The lowest BCUT2D eigenvalue weighted by Crippen LogP contribution is -2.10. The first kappa shape index (κ1) is 16.0. The Labute approximate surface area is 113 Å². The van der Waals surface area contributed by atoms with Crippen molar-refractivity contribution >= 4 is 10.1 Å². The molecule has 19 heavy (non-hydrogen) atoms. The molecule has 0 bridgehead atoms. The van der Waals surface area contributed by atoms with Crippen LogP contribution in [0.4, 0.5) is 0 Å². The minimum atomic E-state index is -3.55. The smallest absolute Gasteiger partial charge is 0.273 e. The molecule has 0 aliphatic carbocycles. The molecule has 0 N–H and O–H groups in total. The van der Waals surface area contributed by atoms with E-state index >= 15 is 0 Å². The molecule has 0 aromatic carbocycles. The number of methoxy groups -OCH3 is 1. The van der Waals surface area contributed by atoms with Gasteiger partial charge >= 0.3 is 0 Å². The van der Waals surface area contributed by atoms with Gasteiger partial charge in [0.15, 0.2) is 0 Å². The summed E-state index contributed by atoms with van der Waals surface area (Å²) in [7, 11) is -2.00. The SMILES string of the molecule is CCOS(=O)(=O)Cc1ccc(C(C)OCOC)cn1. The average molecular weight is 289 g/mol. The van der Waals surface area contributed by atoms with Gasteiger partial charge in [-0.15, -0.1) is 0 Å². The molecule has 6 nitrogen and oxygen atoms in total. The molecule has 0 spiro atoms. The van der Waals surface area contributed by atoms with E-state index < -0.39 is 10.1 Å². The molecule has 0 radical (unpaired) electrons. The lowest BCUT2D eigenvalue weighted by molar-refractivity contribution is -0.0667. The summed E-state index contributed by atoms with van der Waals surface area (Å²) in [6.45, 7) is 3.82. The van der Waals surface area contributed by atoms with Crippen molar-refractivity contribution in [3.8, 4) is 0 Å². The van der Waals surface area contributed by atoms with Crippen molar-refractivity contribution in [2.24, 2.45) is 0 Å². The fourth-order valence-corrected chi connectivity index (χ4v) is 2.41. The highest BCUT2D eigenvalue weighted by Crippen LogP contribution is 2.16. The molecule has 1 heterocycles. The zero-order valence-electron chi connectivity index (χ0n) is 11.3. The normalized spacial score (nSPS) is 13.4. The van der Waals surface area contributed by atoms with Gasteiger partial charge in [0.05, 0.1) is 18.4 Å². The van der Waals surface area contributed by atoms with E-state index in [1.807, 2.05) is 6.92 Å². The van der Waals surface area contributed by atoms with Crippen LogP contribution >= 0.6 is 0 Å². The monoisotopic (exact) mass is 289 g/mol. The van der Waals surface area contributed by atoms with Crippen molar-refractivity contribution in [1.82, 2.24) is 4.98 Å². The minimum Gasteiger partial charge on any atom is -0.359 e. The fourth-order valence-electron chi connectivity index (χ4n) is 1.43. The molecular weight excluding hydrogens is 270 g/mol. The first-order valence-corrected chi connectivity index (χ1v) is 7.48. The number of ether oxygens (including phenoxy) is 2. The molecular formula is C12H19NO5S.